The number of carbonyl (C=O) groups is 1. The van der Waals surface area contributed by atoms with Gasteiger partial charge in [0.2, 0.25) is 10.0 Å². The minimum absolute atomic E-state index is 0.146. The highest BCUT2D eigenvalue weighted by Gasteiger charge is 2.20. The third kappa shape index (κ3) is 6.32. The molecule has 6 nitrogen and oxygen atoms in total. The summed E-state index contributed by atoms with van der Waals surface area (Å²) in [7, 11) is -3.67. The number of amides is 1. The van der Waals surface area contributed by atoms with Crippen LogP contribution >= 0.6 is 0 Å². The zero-order valence-electron chi connectivity index (χ0n) is 18.8. The molecule has 3 rings (SSSR count). The quantitative estimate of drug-likeness (QED) is 0.475. The Morgan fingerprint density at radius 1 is 1.00 bits per heavy atom. The van der Waals surface area contributed by atoms with Gasteiger partial charge in [-0.25, -0.2) is 12.8 Å². The molecule has 0 spiro atoms. The summed E-state index contributed by atoms with van der Waals surface area (Å²) >= 11 is 0. The van der Waals surface area contributed by atoms with E-state index in [4.69, 9.17) is 4.74 Å². The molecular formula is C25H27FN2O4S. The van der Waals surface area contributed by atoms with Crippen LogP contribution in [0.1, 0.15) is 27.0 Å². The highest BCUT2D eigenvalue weighted by molar-refractivity contribution is 7.92. The second-order valence-electron chi connectivity index (χ2n) is 7.71. The lowest BCUT2D eigenvalue weighted by molar-refractivity contribution is 0.0947. The van der Waals surface area contributed by atoms with Crippen LogP contribution in [0.2, 0.25) is 0 Å². The number of nitrogens with one attached hydrogen (secondary N) is 1. The SMILES string of the molecule is Cc1cccc(OCCNC(=O)c2ccc(N(Cc3ccccc3F)S(C)(=O)=O)cc2)c1C. The normalized spacial score (nSPS) is 11.2. The van der Waals surface area contributed by atoms with Crippen LogP contribution < -0.4 is 14.4 Å². The minimum Gasteiger partial charge on any atom is -0.491 e. The molecule has 0 bridgehead atoms. The first-order chi connectivity index (χ1) is 15.7. The fraction of sp³-hybridized carbons (Fsp3) is 0.240. The molecule has 33 heavy (non-hydrogen) atoms. The molecule has 174 valence electrons. The van der Waals surface area contributed by atoms with Gasteiger partial charge in [-0.2, -0.15) is 0 Å². The van der Waals surface area contributed by atoms with E-state index in [2.05, 4.69) is 5.32 Å². The first kappa shape index (κ1) is 24.3. The van der Waals surface area contributed by atoms with Gasteiger partial charge in [0.15, 0.2) is 0 Å². The van der Waals surface area contributed by atoms with Crippen molar-refractivity contribution >= 4 is 21.6 Å². The predicted octanol–water partition coefficient (Wildman–Crippen LogP) is 4.22. The molecular weight excluding hydrogens is 443 g/mol. The summed E-state index contributed by atoms with van der Waals surface area (Å²) in [4.78, 5) is 12.4. The molecule has 0 heterocycles. The van der Waals surface area contributed by atoms with Gasteiger partial charge in [0.25, 0.3) is 5.91 Å². The van der Waals surface area contributed by atoms with Crippen molar-refractivity contribution in [2.24, 2.45) is 0 Å². The summed E-state index contributed by atoms with van der Waals surface area (Å²) in [6.45, 7) is 4.48. The molecule has 0 aliphatic heterocycles. The maximum Gasteiger partial charge on any atom is 0.251 e. The van der Waals surface area contributed by atoms with E-state index < -0.39 is 15.8 Å². The molecule has 1 amide bonds. The van der Waals surface area contributed by atoms with E-state index in [1.54, 1.807) is 12.1 Å². The molecule has 0 aliphatic carbocycles. The Kier molecular flexibility index (Phi) is 7.71. The molecule has 1 N–H and O–H groups in total. The Morgan fingerprint density at radius 3 is 2.36 bits per heavy atom. The van der Waals surface area contributed by atoms with Crippen molar-refractivity contribution in [1.82, 2.24) is 5.32 Å². The number of halogens is 1. The molecule has 0 unspecified atom stereocenters. The lowest BCUT2D eigenvalue weighted by atomic mass is 10.1. The lowest BCUT2D eigenvalue weighted by Gasteiger charge is -2.23. The largest absolute Gasteiger partial charge is 0.491 e. The van der Waals surface area contributed by atoms with Gasteiger partial charge < -0.3 is 10.1 Å². The average molecular weight is 471 g/mol. The van der Waals surface area contributed by atoms with Gasteiger partial charge in [-0.1, -0.05) is 30.3 Å². The molecule has 0 aromatic heterocycles. The van der Waals surface area contributed by atoms with Gasteiger partial charge in [-0.3, -0.25) is 9.10 Å². The first-order valence-corrected chi connectivity index (χ1v) is 12.3. The van der Waals surface area contributed by atoms with Crippen LogP contribution in [0.4, 0.5) is 10.1 Å². The Morgan fingerprint density at radius 2 is 1.70 bits per heavy atom. The van der Waals surface area contributed by atoms with Crippen LogP contribution in [0, 0.1) is 19.7 Å². The Hall–Kier alpha value is -3.39. The monoisotopic (exact) mass is 470 g/mol. The molecule has 3 aromatic carbocycles. The minimum atomic E-state index is -3.67. The number of nitrogens with zero attached hydrogens (tertiary/aromatic N) is 1. The zero-order valence-corrected chi connectivity index (χ0v) is 19.7. The highest BCUT2D eigenvalue weighted by atomic mass is 32.2. The molecule has 0 radical (unpaired) electrons. The smallest absolute Gasteiger partial charge is 0.251 e. The first-order valence-electron chi connectivity index (χ1n) is 10.4. The lowest BCUT2D eigenvalue weighted by Crippen LogP contribution is -2.30. The van der Waals surface area contributed by atoms with E-state index in [1.807, 2.05) is 32.0 Å². The highest BCUT2D eigenvalue weighted by Crippen LogP contribution is 2.23. The van der Waals surface area contributed by atoms with Gasteiger partial charge >= 0.3 is 0 Å². The number of hydrogen-bond acceptors (Lipinski definition) is 4. The van der Waals surface area contributed by atoms with E-state index in [0.717, 1.165) is 27.4 Å². The van der Waals surface area contributed by atoms with E-state index in [0.29, 0.717) is 24.4 Å². The number of anilines is 1. The Bertz CT molecular complexity index is 1230. The van der Waals surface area contributed by atoms with Crippen molar-refractivity contribution < 1.29 is 22.3 Å². The standard InChI is InChI=1S/C25H27FN2O4S/c1-18-7-6-10-24(19(18)2)32-16-15-27-25(29)20-11-13-22(14-12-20)28(33(3,30)31)17-21-8-4-5-9-23(21)26/h4-14H,15-17H2,1-3H3,(H,27,29). The Labute approximate surface area is 194 Å². The molecule has 0 saturated carbocycles. The van der Waals surface area contributed by atoms with E-state index in [-0.39, 0.29) is 18.0 Å². The van der Waals surface area contributed by atoms with Crippen LogP contribution in [-0.2, 0) is 16.6 Å². The molecule has 0 saturated heterocycles. The second kappa shape index (κ2) is 10.5. The van der Waals surface area contributed by atoms with Crippen molar-refractivity contribution in [3.8, 4) is 5.75 Å². The number of rotatable bonds is 9. The maximum absolute atomic E-state index is 14.0. The van der Waals surface area contributed by atoms with E-state index in [9.17, 15) is 17.6 Å². The third-order valence-corrected chi connectivity index (χ3v) is 6.43. The van der Waals surface area contributed by atoms with Crippen LogP contribution in [0.15, 0.2) is 66.7 Å². The maximum atomic E-state index is 14.0. The molecule has 0 fully saturated rings. The number of benzene rings is 3. The number of carbonyl (C=O) groups excluding carboxylic acids is 1. The van der Waals surface area contributed by atoms with Crippen molar-refractivity contribution in [3.63, 3.8) is 0 Å². The summed E-state index contributed by atoms with van der Waals surface area (Å²) in [6.07, 6.45) is 1.06. The van der Waals surface area contributed by atoms with Crippen LogP contribution in [-0.4, -0.2) is 33.7 Å². The van der Waals surface area contributed by atoms with Crippen LogP contribution in [0.3, 0.4) is 0 Å². The van der Waals surface area contributed by atoms with Crippen molar-refractivity contribution in [3.05, 3.63) is 94.8 Å². The summed E-state index contributed by atoms with van der Waals surface area (Å²) in [6, 6.07) is 18.0. The van der Waals surface area contributed by atoms with E-state index in [1.165, 1.54) is 36.4 Å². The number of sulfonamides is 1. The van der Waals surface area contributed by atoms with Gasteiger partial charge in [0.05, 0.1) is 25.0 Å². The molecule has 0 aliphatic rings. The molecule has 8 heteroatoms. The zero-order chi connectivity index (χ0) is 24.0. The molecule has 0 atom stereocenters. The second-order valence-corrected chi connectivity index (χ2v) is 9.62. The third-order valence-electron chi connectivity index (χ3n) is 5.29. The van der Waals surface area contributed by atoms with E-state index >= 15 is 0 Å². The Balaban J connectivity index is 1.62. The fourth-order valence-corrected chi connectivity index (χ4v) is 4.15. The molecule has 3 aromatic rings. The van der Waals surface area contributed by atoms with Crippen LogP contribution in [0.25, 0.3) is 0 Å². The van der Waals surface area contributed by atoms with Crippen molar-refractivity contribution in [1.29, 1.82) is 0 Å². The number of hydrogen-bond donors (Lipinski definition) is 1. The van der Waals surface area contributed by atoms with Gasteiger partial charge in [-0.15, -0.1) is 0 Å². The van der Waals surface area contributed by atoms with Gasteiger partial charge in [-0.05, 0) is 61.4 Å². The van der Waals surface area contributed by atoms with Crippen molar-refractivity contribution in [2.75, 3.05) is 23.7 Å². The summed E-state index contributed by atoms with van der Waals surface area (Å²) in [5.41, 5.74) is 3.17. The van der Waals surface area contributed by atoms with Gasteiger partial charge in [0, 0.05) is 11.1 Å². The predicted molar refractivity (Wildman–Crippen MR) is 128 cm³/mol. The summed E-state index contributed by atoms with van der Waals surface area (Å²) in [5, 5.41) is 2.78. The topological polar surface area (TPSA) is 75.7 Å². The number of ether oxygens (including phenoxy) is 1. The average Bonchev–Trinajstić information content (AvgIpc) is 2.78. The fourth-order valence-electron chi connectivity index (χ4n) is 3.27. The summed E-state index contributed by atoms with van der Waals surface area (Å²) < 4.78 is 45.5. The summed E-state index contributed by atoms with van der Waals surface area (Å²) in [5.74, 6) is 0.000619. The van der Waals surface area contributed by atoms with Crippen LogP contribution in [0.5, 0.6) is 5.75 Å². The number of aryl methyl sites for hydroxylation is 1. The van der Waals surface area contributed by atoms with Crippen molar-refractivity contribution in [2.45, 2.75) is 20.4 Å². The van der Waals surface area contributed by atoms with Gasteiger partial charge in [0.1, 0.15) is 18.2 Å².